The standard InChI is InChI=1S/C48H31ClN2S2/c49-43-29-39(31-47-48(43)41-18-10-11-19-44(41)53-47)51(35-16-8-3-9-17-35)38-24-26-40-42-28-37(25-27-45(42)52-46(40)30-38)50(34-14-6-2-7-15-34)36-22-20-33(21-23-36)32-12-4-1-5-13-32/h1-31H. The smallest absolute Gasteiger partial charge is 0.0519 e. The zero-order valence-corrected chi connectivity index (χ0v) is 30.9. The van der Waals surface area contributed by atoms with Gasteiger partial charge in [0.1, 0.15) is 0 Å². The molecule has 2 aromatic heterocycles. The molecule has 0 bridgehead atoms. The fourth-order valence-corrected chi connectivity index (χ4v) is 10.1. The summed E-state index contributed by atoms with van der Waals surface area (Å²) in [5.41, 5.74) is 8.99. The summed E-state index contributed by atoms with van der Waals surface area (Å²) in [5.74, 6) is 0. The summed E-state index contributed by atoms with van der Waals surface area (Å²) in [6, 6.07) is 67.2. The molecular weight excluding hydrogens is 704 g/mol. The van der Waals surface area contributed by atoms with E-state index in [1.54, 1.807) is 11.3 Å². The van der Waals surface area contributed by atoms with Gasteiger partial charge in [-0.3, -0.25) is 0 Å². The van der Waals surface area contributed by atoms with Gasteiger partial charge < -0.3 is 9.80 Å². The summed E-state index contributed by atoms with van der Waals surface area (Å²) in [6.45, 7) is 0. The normalized spacial score (nSPS) is 11.5. The lowest BCUT2D eigenvalue weighted by atomic mass is 10.0. The Labute approximate surface area is 321 Å². The minimum Gasteiger partial charge on any atom is -0.310 e. The first-order chi connectivity index (χ1) is 26.2. The number of hydrogen-bond donors (Lipinski definition) is 0. The zero-order chi connectivity index (χ0) is 35.3. The Morgan fingerprint density at radius 1 is 0.321 bits per heavy atom. The van der Waals surface area contributed by atoms with Crippen LogP contribution in [0, 0.1) is 0 Å². The van der Waals surface area contributed by atoms with Crippen molar-refractivity contribution in [3.8, 4) is 11.1 Å². The zero-order valence-electron chi connectivity index (χ0n) is 28.5. The van der Waals surface area contributed by atoms with E-state index < -0.39 is 0 Å². The second kappa shape index (κ2) is 13.3. The number of rotatable bonds is 7. The monoisotopic (exact) mass is 734 g/mol. The number of halogens is 1. The predicted molar refractivity (Wildman–Crippen MR) is 232 cm³/mol. The molecule has 2 heterocycles. The van der Waals surface area contributed by atoms with E-state index in [-0.39, 0.29) is 0 Å². The van der Waals surface area contributed by atoms with Crippen molar-refractivity contribution in [2.75, 3.05) is 9.80 Å². The Bertz CT molecular complexity index is 2900. The number of benzene rings is 8. The van der Waals surface area contributed by atoms with E-state index in [1.807, 2.05) is 11.3 Å². The fraction of sp³-hybridized carbons (Fsp3) is 0. The van der Waals surface area contributed by atoms with Gasteiger partial charge in [-0.2, -0.15) is 0 Å². The SMILES string of the molecule is Clc1cc(N(c2ccccc2)c2ccc3c(c2)sc2ccc(N(c4ccccc4)c4ccc(-c5ccccc5)cc4)cc23)cc2sc3ccccc3c12. The minimum absolute atomic E-state index is 0.768. The van der Waals surface area contributed by atoms with E-state index in [4.69, 9.17) is 11.6 Å². The number of anilines is 6. The van der Waals surface area contributed by atoms with Gasteiger partial charge in [-0.25, -0.2) is 0 Å². The van der Waals surface area contributed by atoms with Gasteiger partial charge in [0.15, 0.2) is 0 Å². The molecule has 10 aromatic rings. The molecule has 0 spiro atoms. The van der Waals surface area contributed by atoms with Crippen molar-refractivity contribution in [3.63, 3.8) is 0 Å². The van der Waals surface area contributed by atoms with Crippen LogP contribution in [0.5, 0.6) is 0 Å². The molecule has 53 heavy (non-hydrogen) atoms. The molecule has 0 atom stereocenters. The van der Waals surface area contributed by atoms with Crippen LogP contribution in [0.25, 0.3) is 51.5 Å². The minimum atomic E-state index is 0.768. The molecular formula is C48H31ClN2S2. The average Bonchev–Trinajstić information content (AvgIpc) is 3.77. The van der Waals surface area contributed by atoms with Crippen LogP contribution in [0.2, 0.25) is 5.02 Å². The van der Waals surface area contributed by atoms with Crippen LogP contribution in [0.4, 0.5) is 34.1 Å². The van der Waals surface area contributed by atoms with Crippen molar-refractivity contribution in [2.24, 2.45) is 0 Å². The summed E-state index contributed by atoms with van der Waals surface area (Å²) in [7, 11) is 0. The topological polar surface area (TPSA) is 6.48 Å². The van der Waals surface area contributed by atoms with Crippen molar-refractivity contribution in [1.82, 2.24) is 0 Å². The summed E-state index contributed by atoms with van der Waals surface area (Å²) in [5, 5.41) is 5.59. The maximum absolute atomic E-state index is 7.09. The molecule has 252 valence electrons. The molecule has 0 aliphatic heterocycles. The highest BCUT2D eigenvalue weighted by atomic mass is 35.5. The first kappa shape index (κ1) is 31.8. The van der Waals surface area contributed by atoms with Crippen molar-refractivity contribution < 1.29 is 0 Å². The van der Waals surface area contributed by atoms with Crippen LogP contribution >= 0.6 is 34.3 Å². The average molecular weight is 735 g/mol. The molecule has 0 saturated heterocycles. The third-order valence-electron chi connectivity index (χ3n) is 9.89. The first-order valence-electron chi connectivity index (χ1n) is 17.6. The second-order valence-corrected chi connectivity index (χ2v) is 15.7. The summed E-state index contributed by atoms with van der Waals surface area (Å²) >= 11 is 10.7. The van der Waals surface area contributed by atoms with Gasteiger partial charge >= 0.3 is 0 Å². The summed E-state index contributed by atoms with van der Waals surface area (Å²) in [6.07, 6.45) is 0. The van der Waals surface area contributed by atoms with Crippen LogP contribution in [0.15, 0.2) is 188 Å². The Kier molecular flexibility index (Phi) is 7.95. The molecule has 0 saturated carbocycles. The molecule has 0 fully saturated rings. The molecule has 0 N–H and O–H groups in total. The van der Waals surface area contributed by atoms with Crippen LogP contribution in [-0.4, -0.2) is 0 Å². The van der Waals surface area contributed by atoms with Crippen LogP contribution in [-0.2, 0) is 0 Å². The van der Waals surface area contributed by atoms with Crippen LogP contribution < -0.4 is 9.80 Å². The van der Waals surface area contributed by atoms with Gasteiger partial charge in [-0.1, -0.05) is 115 Å². The maximum atomic E-state index is 7.09. The number of hydrogen-bond acceptors (Lipinski definition) is 4. The highest BCUT2D eigenvalue weighted by Crippen LogP contribution is 2.46. The highest BCUT2D eigenvalue weighted by molar-refractivity contribution is 7.26. The van der Waals surface area contributed by atoms with E-state index in [1.165, 1.54) is 46.1 Å². The van der Waals surface area contributed by atoms with Gasteiger partial charge in [0.05, 0.1) is 5.02 Å². The van der Waals surface area contributed by atoms with E-state index in [0.29, 0.717) is 0 Å². The van der Waals surface area contributed by atoms with E-state index in [9.17, 15) is 0 Å². The molecule has 0 unspecified atom stereocenters. The van der Waals surface area contributed by atoms with Gasteiger partial charge in [-0.05, 0) is 96.1 Å². The molecule has 0 radical (unpaired) electrons. The maximum Gasteiger partial charge on any atom is 0.0519 e. The number of nitrogens with zero attached hydrogens (tertiary/aromatic N) is 2. The van der Waals surface area contributed by atoms with E-state index in [2.05, 4.69) is 198 Å². The quantitative estimate of drug-likeness (QED) is 0.161. The predicted octanol–water partition coefficient (Wildman–Crippen LogP) is 15.7. The van der Waals surface area contributed by atoms with E-state index >= 15 is 0 Å². The van der Waals surface area contributed by atoms with Gasteiger partial charge in [0.2, 0.25) is 0 Å². The lowest BCUT2D eigenvalue weighted by Crippen LogP contribution is -2.09. The Morgan fingerprint density at radius 3 is 1.57 bits per heavy atom. The summed E-state index contributed by atoms with van der Waals surface area (Å²) in [4.78, 5) is 4.66. The lowest BCUT2D eigenvalue weighted by molar-refractivity contribution is 1.29. The number of thiophene rings is 2. The second-order valence-electron chi connectivity index (χ2n) is 13.1. The third kappa shape index (κ3) is 5.73. The Hall–Kier alpha value is -5.91. The molecule has 10 rings (SSSR count). The first-order valence-corrected chi connectivity index (χ1v) is 19.6. The van der Waals surface area contributed by atoms with Gasteiger partial charge in [-0.15, -0.1) is 22.7 Å². The Balaban J connectivity index is 1.08. The highest BCUT2D eigenvalue weighted by Gasteiger charge is 2.19. The molecule has 5 heteroatoms. The van der Waals surface area contributed by atoms with Gasteiger partial charge in [0.25, 0.3) is 0 Å². The van der Waals surface area contributed by atoms with Crippen molar-refractivity contribution in [3.05, 3.63) is 193 Å². The van der Waals surface area contributed by atoms with Crippen molar-refractivity contribution >= 4 is 109 Å². The van der Waals surface area contributed by atoms with Crippen molar-refractivity contribution in [2.45, 2.75) is 0 Å². The van der Waals surface area contributed by atoms with Crippen LogP contribution in [0.3, 0.4) is 0 Å². The molecule has 0 aliphatic rings. The van der Waals surface area contributed by atoms with Crippen molar-refractivity contribution in [1.29, 1.82) is 0 Å². The molecule has 8 aromatic carbocycles. The van der Waals surface area contributed by atoms with Crippen LogP contribution in [0.1, 0.15) is 0 Å². The fourth-order valence-electron chi connectivity index (χ4n) is 7.43. The number of para-hydroxylation sites is 2. The third-order valence-corrected chi connectivity index (χ3v) is 12.4. The Morgan fingerprint density at radius 2 is 0.830 bits per heavy atom. The molecule has 2 nitrogen and oxygen atoms in total. The lowest BCUT2D eigenvalue weighted by Gasteiger charge is -2.26. The number of fused-ring (bicyclic) bond motifs is 6. The summed E-state index contributed by atoms with van der Waals surface area (Å²) < 4.78 is 4.93. The van der Waals surface area contributed by atoms with Gasteiger partial charge in [0, 0.05) is 74.5 Å². The van der Waals surface area contributed by atoms with E-state index in [0.717, 1.165) is 44.5 Å². The molecule has 0 aliphatic carbocycles. The largest absolute Gasteiger partial charge is 0.310 e. The molecule has 0 amide bonds.